The van der Waals surface area contributed by atoms with Gasteiger partial charge in [-0.3, -0.25) is 4.79 Å². The monoisotopic (exact) mass is 290 g/mol. The maximum atomic E-state index is 12.2. The summed E-state index contributed by atoms with van der Waals surface area (Å²) in [5.74, 6) is -0.0757. The normalized spacial score (nSPS) is 24.8. The molecule has 1 aromatic rings. The first-order chi connectivity index (χ1) is 9.88. The first kappa shape index (κ1) is 16.0. The minimum absolute atomic E-state index is 0.0757. The van der Waals surface area contributed by atoms with Crippen molar-refractivity contribution in [3.8, 4) is 0 Å². The average Bonchev–Trinajstić information content (AvgIpc) is 2.87. The Bertz CT molecular complexity index is 471. The zero-order valence-corrected chi connectivity index (χ0v) is 13.2. The van der Waals surface area contributed by atoms with E-state index in [0.717, 1.165) is 24.8 Å². The van der Waals surface area contributed by atoms with Crippen LogP contribution in [-0.2, 0) is 10.4 Å². The van der Waals surface area contributed by atoms with E-state index < -0.39 is 5.60 Å². The first-order valence-corrected chi connectivity index (χ1v) is 7.62. The lowest BCUT2D eigenvalue weighted by atomic mass is 9.92. The predicted molar refractivity (Wildman–Crippen MR) is 83.9 cm³/mol. The SMILES string of the molecule is CN(C)C1CCC(NC(=O)CC(C)(O)c2ccccc2)C1. The van der Waals surface area contributed by atoms with Crippen molar-refractivity contribution >= 4 is 5.91 Å². The highest BCUT2D eigenvalue weighted by Gasteiger charge is 2.30. The van der Waals surface area contributed by atoms with E-state index in [4.69, 9.17) is 0 Å². The van der Waals surface area contributed by atoms with E-state index in [2.05, 4.69) is 24.3 Å². The minimum atomic E-state index is -1.12. The third-order valence-electron chi connectivity index (χ3n) is 4.40. The largest absolute Gasteiger partial charge is 0.385 e. The van der Waals surface area contributed by atoms with Crippen molar-refractivity contribution in [3.63, 3.8) is 0 Å². The number of amides is 1. The van der Waals surface area contributed by atoms with Crippen molar-refractivity contribution in [1.29, 1.82) is 0 Å². The average molecular weight is 290 g/mol. The van der Waals surface area contributed by atoms with Gasteiger partial charge >= 0.3 is 0 Å². The second kappa shape index (κ2) is 6.58. The number of carbonyl (C=O) groups excluding carboxylic acids is 1. The molecule has 0 radical (unpaired) electrons. The summed E-state index contributed by atoms with van der Waals surface area (Å²) >= 11 is 0. The molecule has 4 heteroatoms. The van der Waals surface area contributed by atoms with Gasteiger partial charge < -0.3 is 15.3 Å². The second-order valence-electron chi connectivity index (χ2n) is 6.51. The summed E-state index contributed by atoms with van der Waals surface area (Å²) in [5, 5.41) is 13.6. The molecule has 0 aliphatic heterocycles. The molecule has 1 aromatic carbocycles. The topological polar surface area (TPSA) is 52.6 Å². The van der Waals surface area contributed by atoms with Crippen molar-refractivity contribution in [2.75, 3.05) is 14.1 Å². The van der Waals surface area contributed by atoms with Gasteiger partial charge in [0.1, 0.15) is 0 Å². The van der Waals surface area contributed by atoms with Gasteiger partial charge in [0.15, 0.2) is 0 Å². The van der Waals surface area contributed by atoms with Gasteiger partial charge in [0.05, 0.1) is 12.0 Å². The van der Waals surface area contributed by atoms with E-state index in [-0.39, 0.29) is 18.4 Å². The molecule has 2 N–H and O–H groups in total. The fraction of sp³-hybridized carbons (Fsp3) is 0.588. The second-order valence-corrected chi connectivity index (χ2v) is 6.51. The van der Waals surface area contributed by atoms with Crippen LogP contribution in [0.15, 0.2) is 30.3 Å². The summed E-state index contributed by atoms with van der Waals surface area (Å²) in [6.07, 6.45) is 3.22. The van der Waals surface area contributed by atoms with E-state index in [1.165, 1.54) is 0 Å². The predicted octanol–water partition coefficient (Wildman–Crippen LogP) is 1.88. The standard InChI is InChI=1S/C17H26N2O2/c1-17(21,13-7-5-4-6-8-13)12-16(20)18-14-9-10-15(11-14)19(2)3/h4-8,14-15,21H,9-12H2,1-3H3,(H,18,20). The highest BCUT2D eigenvalue weighted by atomic mass is 16.3. The molecule has 0 bridgehead atoms. The van der Waals surface area contributed by atoms with Crippen LogP contribution in [0.25, 0.3) is 0 Å². The van der Waals surface area contributed by atoms with E-state index in [9.17, 15) is 9.90 Å². The Morgan fingerprint density at radius 3 is 2.57 bits per heavy atom. The Morgan fingerprint density at radius 1 is 1.33 bits per heavy atom. The third kappa shape index (κ3) is 4.29. The molecule has 1 aliphatic carbocycles. The number of benzene rings is 1. The highest BCUT2D eigenvalue weighted by Crippen LogP contribution is 2.26. The number of nitrogens with zero attached hydrogens (tertiary/aromatic N) is 1. The number of nitrogens with one attached hydrogen (secondary N) is 1. The fourth-order valence-corrected chi connectivity index (χ4v) is 3.05. The van der Waals surface area contributed by atoms with Crippen LogP contribution in [-0.4, -0.2) is 42.1 Å². The molecule has 116 valence electrons. The molecule has 4 nitrogen and oxygen atoms in total. The summed E-state index contributed by atoms with van der Waals surface area (Å²) < 4.78 is 0. The number of hydrogen-bond acceptors (Lipinski definition) is 3. The fourth-order valence-electron chi connectivity index (χ4n) is 3.05. The van der Waals surface area contributed by atoms with Gasteiger partial charge in [-0.15, -0.1) is 0 Å². The quantitative estimate of drug-likeness (QED) is 0.870. The summed E-state index contributed by atoms with van der Waals surface area (Å²) in [6, 6.07) is 10.1. The van der Waals surface area contributed by atoms with Crippen LogP contribution in [0.3, 0.4) is 0 Å². The Hall–Kier alpha value is -1.39. The molecule has 3 atom stereocenters. The van der Waals surface area contributed by atoms with E-state index >= 15 is 0 Å². The number of rotatable bonds is 5. The van der Waals surface area contributed by atoms with Crippen molar-refractivity contribution < 1.29 is 9.90 Å². The van der Waals surface area contributed by atoms with Gasteiger partial charge in [-0.05, 0) is 45.8 Å². The van der Waals surface area contributed by atoms with Crippen LogP contribution in [0, 0.1) is 0 Å². The Morgan fingerprint density at radius 2 is 2.00 bits per heavy atom. The number of hydrogen-bond donors (Lipinski definition) is 2. The minimum Gasteiger partial charge on any atom is -0.385 e. The van der Waals surface area contributed by atoms with Crippen molar-refractivity contribution in [3.05, 3.63) is 35.9 Å². The van der Waals surface area contributed by atoms with Gasteiger partial charge in [-0.25, -0.2) is 0 Å². The van der Waals surface area contributed by atoms with E-state index in [1.54, 1.807) is 6.92 Å². The Kier molecular flexibility index (Phi) is 5.01. The molecule has 0 aromatic heterocycles. The molecule has 1 fully saturated rings. The Labute approximate surface area is 127 Å². The van der Waals surface area contributed by atoms with E-state index in [1.807, 2.05) is 30.3 Å². The van der Waals surface area contributed by atoms with Crippen LogP contribution < -0.4 is 5.32 Å². The summed E-state index contributed by atoms with van der Waals surface area (Å²) in [6.45, 7) is 1.69. The molecule has 2 rings (SSSR count). The molecule has 1 saturated carbocycles. The van der Waals surface area contributed by atoms with Gasteiger partial charge in [0.25, 0.3) is 0 Å². The van der Waals surface area contributed by atoms with Gasteiger partial charge in [0.2, 0.25) is 5.91 Å². The van der Waals surface area contributed by atoms with Crippen LogP contribution in [0.5, 0.6) is 0 Å². The molecular weight excluding hydrogens is 264 g/mol. The molecule has 1 amide bonds. The molecule has 21 heavy (non-hydrogen) atoms. The lowest BCUT2D eigenvalue weighted by Crippen LogP contribution is -2.38. The Balaban J connectivity index is 1.88. The lowest BCUT2D eigenvalue weighted by Gasteiger charge is -2.24. The molecule has 0 spiro atoms. The lowest BCUT2D eigenvalue weighted by molar-refractivity contribution is -0.126. The van der Waals surface area contributed by atoms with Gasteiger partial charge in [-0.2, -0.15) is 0 Å². The third-order valence-corrected chi connectivity index (χ3v) is 4.40. The van der Waals surface area contributed by atoms with Crippen LogP contribution in [0.4, 0.5) is 0 Å². The molecule has 3 unspecified atom stereocenters. The summed E-state index contributed by atoms with van der Waals surface area (Å²) in [4.78, 5) is 14.4. The summed E-state index contributed by atoms with van der Waals surface area (Å²) in [5.41, 5.74) is -0.344. The van der Waals surface area contributed by atoms with E-state index in [0.29, 0.717) is 6.04 Å². The van der Waals surface area contributed by atoms with Crippen LogP contribution in [0.2, 0.25) is 0 Å². The molecule has 1 aliphatic rings. The zero-order valence-electron chi connectivity index (χ0n) is 13.2. The molecular formula is C17H26N2O2. The summed E-state index contributed by atoms with van der Waals surface area (Å²) in [7, 11) is 4.16. The zero-order chi connectivity index (χ0) is 15.5. The molecule has 0 saturated heterocycles. The number of carbonyl (C=O) groups is 1. The maximum absolute atomic E-state index is 12.2. The van der Waals surface area contributed by atoms with Gasteiger partial charge in [-0.1, -0.05) is 30.3 Å². The van der Waals surface area contributed by atoms with Crippen molar-refractivity contribution in [2.24, 2.45) is 0 Å². The maximum Gasteiger partial charge on any atom is 0.223 e. The smallest absolute Gasteiger partial charge is 0.223 e. The highest BCUT2D eigenvalue weighted by molar-refractivity contribution is 5.77. The first-order valence-electron chi connectivity index (χ1n) is 7.62. The van der Waals surface area contributed by atoms with Crippen LogP contribution in [0.1, 0.15) is 38.2 Å². The van der Waals surface area contributed by atoms with Crippen molar-refractivity contribution in [1.82, 2.24) is 10.2 Å². The van der Waals surface area contributed by atoms with Crippen LogP contribution >= 0.6 is 0 Å². The van der Waals surface area contributed by atoms with Gasteiger partial charge in [0, 0.05) is 12.1 Å². The van der Waals surface area contributed by atoms with Crippen molar-refractivity contribution in [2.45, 2.75) is 50.3 Å². The molecule has 0 heterocycles. The number of aliphatic hydroxyl groups is 1.